The molecule has 0 amide bonds. The lowest BCUT2D eigenvalue weighted by Crippen LogP contribution is -2.44. The molecule has 1 aliphatic heterocycles. The molecule has 112 valence electrons. The van der Waals surface area contributed by atoms with Crippen LogP contribution in [0.25, 0.3) is 0 Å². The zero-order valence-corrected chi connectivity index (χ0v) is 12.3. The van der Waals surface area contributed by atoms with Crippen LogP contribution in [0.5, 0.6) is 0 Å². The van der Waals surface area contributed by atoms with Crippen molar-refractivity contribution in [2.75, 3.05) is 0 Å². The van der Waals surface area contributed by atoms with Gasteiger partial charge in [-0.05, 0) is 33.6 Å². The standard InChI is InChI=1S/C14H17N3O4/c1-14(2,3)21-11(18)8-17-12(19)9(7-15)10-5-4-6-16(10)13(17)20/h4-6,8H2,1-3H3. The molecule has 2 heterocycles. The van der Waals surface area contributed by atoms with Crippen molar-refractivity contribution in [3.8, 4) is 6.07 Å². The Balaban J connectivity index is 2.47. The van der Waals surface area contributed by atoms with Crippen molar-refractivity contribution in [3.63, 3.8) is 0 Å². The number of rotatable bonds is 2. The Morgan fingerprint density at radius 3 is 2.62 bits per heavy atom. The Morgan fingerprint density at radius 2 is 2.05 bits per heavy atom. The summed E-state index contributed by atoms with van der Waals surface area (Å²) in [5.74, 6) is -0.677. The van der Waals surface area contributed by atoms with Crippen molar-refractivity contribution in [3.05, 3.63) is 32.1 Å². The molecule has 0 spiro atoms. The van der Waals surface area contributed by atoms with E-state index in [-0.39, 0.29) is 5.56 Å². The minimum atomic E-state index is -0.721. The van der Waals surface area contributed by atoms with Crippen LogP contribution in [0.4, 0.5) is 0 Å². The van der Waals surface area contributed by atoms with E-state index in [1.54, 1.807) is 20.8 Å². The Labute approximate surface area is 121 Å². The number of aromatic nitrogens is 2. The average Bonchev–Trinajstić information content (AvgIpc) is 2.82. The molecule has 0 aliphatic carbocycles. The van der Waals surface area contributed by atoms with Crippen LogP contribution < -0.4 is 11.2 Å². The van der Waals surface area contributed by atoms with E-state index in [4.69, 9.17) is 10.00 Å². The topological polar surface area (TPSA) is 94.1 Å². The smallest absolute Gasteiger partial charge is 0.331 e. The highest BCUT2D eigenvalue weighted by molar-refractivity contribution is 5.69. The van der Waals surface area contributed by atoms with Crippen molar-refractivity contribution >= 4 is 5.97 Å². The zero-order chi connectivity index (χ0) is 15.8. The summed E-state index contributed by atoms with van der Waals surface area (Å²) >= 11 is 0. The van der Waals surface area contributed by atoms with Gasteiger partial charge in [0.15, 0.2) is 0 Å². The summed E-state index contributed by atoms with van der Waals surface area (Å²) in [5, 5.41) is 9.12. The average molecular weight is 291 g/mol. The minimum absolute atomic E-state index is 0.0596. The summed E-state index contributed by atoms with van der Waals surface area (Å²) in [6.45, 7) is 5.07. The Bertz CT molecular complexity index is 744. The number of nitriles is 1. The first-order valence-corrected chi connectivity index (χ1v) is 6.73. The summed E-state index contributed by atoms with van der Waals surface area (Å²) in [6, 6.07) is 1.84. The normalized spacial score (nSPS) is 13.6. The predicted octanol–water partition coefficient (Wildman–Crippen LogP) is 0.170. The summed E-state index contributed by atoms with van der Waals surface area (Å²) < 4.78 is 7.29. The van der Waals surface area contributed by atoms with E-state index in [2.05, 4.69) is 0 Å². The molecule has 2 rings (SSSR count). The van der Waals surface area contributed by atoms with Crippen LogP contribution in [-0.4, -0.2) is 20.7 Å². The molecule has 0 aromatic carbocycles. The fraction of sp³-hybridized carbons (Fsp3) is 0.571. The van der Waals surface area contributed by atoms with Crippen molar-refractivity contribution in [1.82, 2.24) is 9.13 Å². The van der Waals surface area contributed by atoms with Gasteiger partial charge < -0.3 is 4.74 Å². The fourth-order valence-electron chi connectivity index (χ4n) is 2.39. The van der Waals surface area contributed by atoms with Crippen molar-refractivity contribution in [2.45, 2.75) is 52.3 Å². The van der Waals surface area contributed by atoms with Crippen LogP contribution in [0.2, 0.25) is 0 Å². The molecule has 1 aliphatic rings. The number of esters is 1. The largest absolute Gasteiger partial charge is 0.459 e. The van der Waals surface area contributed by atoms with Gasteiger partial charge in [-0.1, -0.05) is 0 Å². The van der Waals surface area contributed by atoms with E-state index in [9.17, 15) is 14.4 Å². The molecule has 0 fully saturated rings. The molecule has 0 saturated carbocycles. The van der Waals surface area contributed by atoms with E-state index in [0.717, 1.165) is 4.57 Å². The molecule has 7 heteroatoms. The number of fused-ring (bicyclic) bond motifs is 1. The Hall–Kier alpha value is -2.36. The van der Waals surface area contributed by atoms with Crippen LogP contribution in [0.3, 0.4) is 0 Å². The monoisotopic (exact) mass is 291 g/mol. The molecular formula is C14H17N3O4. The summed E-state index contributed by atoms with van der Waals surface area (Å²) in [5.41, 5.74) is -1.58. The molecule has 0 radical (unpaired) electrons. The third-order valence-corrected chi connectivity index (χ3v) is 3.15. The van der Waals surface area contributed by atoms with Gasteiger partial charge in [0.25, 0.3) is 5.56 Å². The van der Waals surface area contributed by atoms with Crippen molar-refractivity contribution in [1.29, 1.82) is 5.26 Å². The molecule has 0 unspecified atom stereocenters. The third kappa shape index (κ3) is 2.89. The lowest BCUT2D eigenvalue weighted by molar-refractivity contribution is -0.155. The van der Waals surface area contributed by atoms with Gasteiger partial charge in [-0.15, -0.1) is 0 Å². The number of carbonyl (C=O) groups is 1. The first-order chi connectivity index (χ1) is 9.74. The summed E-state index contributed by atoms with van der Waals surface area (Å²) in [7, 11) is 0. The van der Waals surface area contributed by atoms with Crippen molar-refractivity contribution < 1.29 is 9.53 Å². The van der Waals surface area contributed by atoms with Gasteiger partial charge in [0.1, 0.15) is 23.8 Å². The van der Waals surface area contributed by atoms with Gasteiger partial charge in [0, 0.05) is 12.2 Å². The quantitative estimate of drug-likeness (QED) is 0.724. The molecule has 0 atom stereocenters. The highest BCUT2D eigenvalue weighted by atomic mass is 16.6. The van der Waals surface area contributed by atoms with E-state index in [1.807, 2.05) is 6.07 Å². The molecule has 1 aromatic rings. The number of carbonyl (C=O) groups excluding carboxylic acids is 1. The van der Waals surface area contributed by atoms with E-state index in [1.165, 1.54) is 4.57 Å². The van der Waals surface area contributed by atoms with Gasteiger partial charge in [-0.3, -0.25) is 14.2 Å². The van der Waals surface area contributed by atoms with Crippen LogP contribution in [0.1, 0.15) is 38.4 Å². The van der Waals surface area contributed by atoms with Crippen LogP contribution in [-0.2, 0) is 29.0 Å². The molecule has 0 saturated heterocycles. The summed E-state index contributed by atoms with van der Waals surface area (Å²) in [4.78, 5) is 36.3. The van der Waals surface area contributed by atoms with E-state index >= 15 is 0 Å². The minimum Gasteiger partial charge on any atom is -0.459 e. The second-order valence-corrected chi connectivity index (χ2v) is 5.95. The molecule has 21 heavy (non-hydrogen) atoms. The van der Waals surface area contributed by atoms with Gasteiger partial charge in [0.05, 0.1) is 0 Å². The maximum atomic E-state index is 12.3. The van der Waals surface area contributed by atoms with Gasteiger partial charge in [0.2, 0.25) is 0 Å². The van der Waals surface area contributed by atoms with Crippen LogP contribution >= 0.6 is 0 Å². The van der Waals surface area contributed by atoms with Gasteiger partial charge in [-0.2, -0.15) is 5.26 Å². The summed E-state index contributed by atoms with van der Waals surface area (Å²) in [6.07, 6.45) is 1.24. The molecule has 7 nitrogen and oxygen atoms in total. The van der Waals surface area contributed by atoms with Gasteiger partial charge in [-0.25, -0.2) is 9.36 Å². The Morgan fingerprint density at radius 1 is 1.38 bits per heavy atom. The highest BCUT2D eigenvalue weighted by Crippen LogP contribution is 2.13. The highest BCUT2D eigenvalue weighted by Gasteiger charge is 2.25. The second kappa shape index (κ2) is 5.20. The van der Waals surface area contributed by atoms with Crippen LogP contribution in [0.15, 0.2) is 9.59 Å². The van der Waals surface area contributed by atoms with E-state index < -0.39 is 29.4 Å². The molecular weight excluding hydrogens is 274 g/mol. The lowest BCUT2D eigenvalue weighted by Gasteiger charge is -2.20. The fourth-order valence-corrected chi connectivity index (χ4v) is 2.39. The SMILES string of the molecule is CC(C)(C)OC(=O)Cn1c(=O)c(C#N)c2n(c1=O)CCC2. The van der Waals surface area contributed by atoms with Crippen LogP contribution in [0, 0.1) is 11.3 Å². The molecule has 0 N–H and O–H groups in total. The molecule has 0 bridgehead atoms. The molecule has 1 aromatic heterocycles. The number of hydrogen-bond acceptors (Lipinski definition) is 5. The van der Waals surface area contributed by atoms with Crippen molar-refractivity contribution in [2.24, 2.45) is 0 Å². The Kier molecular flexibility index (Phi) is 3.73. The predicted molar refractivity (Wildman–Crippen MR) is 73.8 cm³/mol. The second-order valence-electron chi connectivity index (χ2n) is 5.95. The maximum Gasteiger partial charge on any atom is 0.331 e. The first-order valence-electron chi connectivity index (χ1n) is 6.73. The number of nitrogens with zero attached hydrogens (tertiary/aromatic N) is 3. The van der Waals surface area contributed by atoms with Gasteiger partial charge >= 0.3 is 11.7 Å². The maximum absolute atomic E-state index is 12.3. The third-order valence-electron chi connectivity index (χ3n) is 3.15. The number of hydrogen-bond donors (Lipinski definition) is 0. The first kappa shape index (κ1) is 15.0. The van der Waals surface area contributed by atoms with E-state index in [0.29, 0.717) is 25.1 Å². The zero-order valence-electron chi connectivity index (χ0n) is 12.3. The number of ether oxygens (including phenoxy) is 1. The lowest BCUT2D eigenvalue weighted by atomic mass is 10.2.